The molecule has 1 unspecified atom stereocenters. The molecule has 1 heterocycles. The third-order valence-corrected chi connectivity index (χ3v) is 6.54. The Morgan fingerprint density at radius 2 is 1.63 bits per heavy atom. The number of carbonyl (C=O) groups is 2. The summed E-state index contributed by atoms with van der Waals surface area (Å²) >= 11 is 13.6. The van der Waals surface area contributed by atoms with Crippen LogP contribution >= 0.6 is 34.5 Å². The lowest BCUT2D eigenvalue weighted by molar-refractivity contribution is -0.117. The molecule has 0 fully saturated rings. The van der Waals surface area contributed by atoms with Gasteiger partial charge in [-0.1, -0.05) is 94.7 Å². The van der Waals surface area contributed by atoms with Gasteiger partial charge in [-0.3, -0.25) is 10.1 Å². The normalized spacial score (nSPS) is 11.5. The maximum absolute atomic E-state index is 13.2. The molecule has 3 N–H and O–H groups in total. The van der Waals surface area contributed by atoms with Crippen LogP contribution in [0.2, 0.25) is 10.0 Å². The molecular weight excluding hydrogens is 505 g/mol. The molecule has 3 amide bonds. The highest BCUT2D eigenvalue weighted by atomic mass is 35.5. The molecule has 4 aromatic rings. The summed E-state index contributed by atoms with van der Waals surface area (Å²) in [6, 6.07) is 20.6. The van der Waals surface area contributed by atoms with Gasteiger partial charge in [-0.25, -0.2) is 4.79 Å². The topological polar surface area (TPSA) is 96.0 Å². The second-order valence-electron chi connectivity index (χ2n) is 7.71. The number of amides is 3. The van der Waals surface area contributed by atoms with Gasteiger partial charge in [-0.15, -0.1) is 10.2 Å². The smallest absolute Gasteiger partial charge is 0.319 e. The SMILES string of the molecule is Cc1cccc(-c2nnc(NC(=O)C(Cc3ccccc3)NC(=O)Nc3c(Cl)cccc3Cl)s2)c1. The van der Waals surface area contributed by atoms with Crippen molar-refractivity contribution in [1.82, 2.24) is 15.5 Å². The van der Waals surface area contributed by atoms with Crippen molar-refractivity contribution in [1.29, 1.82) is 0 Å². The fraction of sp³-hybridized carbons (Fsp3) is 0.120. The van der Waals surface area contributed by atoms with E-state index in [9.17, 15) is 9.59 Å². The van der Waals surface area contributed by atoms with Crippen molar-refractivity contribution in [2.45, 2.75) is 19.4 Å². The molecule has 3 aromatic carbocycles. The van der Waals surface area contributed by atoms with Gasteiger partial charge in [0.2, 0.25) is 11.0 Å². The van der Waals surface area contributed by atoms with E-state index in [1.54, 1.807) is 18.2 Å². The van der Waals surface area contributed by atoms with Crippen LogP contribution < -0.4 is 16.0 Å². The van der Waals surface area contributed by atoms with E-state index in [-0.39, 0.29) is 22.2 Å². The van der Waals surface area contributed by atoms with Gasteiger partial charge in [-0.05, 0) is 30.7 Å². The molecule has 1 aromatic heterocycles. The van der Waals surface area contributed by atoms with Gasteiger partial charge >= 0.3 is 6.03 Å². The maximum Gasteiger partial charge on any atom is 0.319 e. The first-order valence-corrected chi connectivity index (χ1v) is 12.2. The molecule has 0 saturated carbocycles. The van der Waals surface area contributed by atoms with E-state index in [2.05, 4.69) is 26.1 Å². The van der Waals surface area contributed by atoms with E-state index in [0.717, 1.165) is 16.7 Å². The Morgan fingerprint density at radius 1 is 0.914 bits per heavy atom. The molecule has 0 spiro atoms. The van der Waals surface area contributed by atoms with Crippen molar-refractivity contribution in [2.24, 2.45) is 0 Å². The zero-order chi connectivity index (χ0) is 24.8. The Hall–Kier alpha value is -3.46. The number of rotatable bonds is 7. The Balaban J connectivity index is 1.50. The highest BCUT2D eigenvalue weighted by molar-refractivity contribution is 7.18. The average molecular weight is 526 g/mol. The van der Waals surface area contributed by atoms with Crippen LogP contribution in [0.5, 0.6) is 0 Å². The van der Waals surface area contributed by atoms with Gasteiger partial charge in [0.05, 0.1) is 15.7 Å². The number of aromatic nitrogens is 2. The Morgan fingerprint density at radius 3 is 2.34 bits per heavy atom. The Bertz CT molecular complexity index is 1330. The van der Waals surface area contributed by atoms with Crippen LogP contribution in [0.15, 0.2) is 72.8 Å². The predicted octanol–water partition coefficient (Wildman–Crippen LogP) is 6.19. The van der Waals surface area contributed by atoms with E-state index in [1.165, 1.54) is 11.3 Å². The van der Waals surface area contributed by atoms with E-state index in [4.69, 9.17) is 23.2 Å². The summed E-state index contributed by atoms with van der Waals surface area (Å²) in [7, 11) is 0. The number of urea groups is 1. The lowest BCUT2D eigenvalue weighted by Gasteiger charge is -2.19. The number of carbonyl (C=O) groups excluding carboxylic acids is 2. The number of hydrogen-bond acceptors (Lipinski definition) is 5. The summed E-state index contributed by atoms with van der Waals surface area (Å²) in [6.07, 6.45) is 0.264. The zero-order valence-corrected chi connectivity index (χ0v) is 20.9. The van der Waals surface area contributed by atoms with Crippen molar-refractivity contribution in [2.75, 3.05) is 10.6 Å². The lowest BCUT2D eigenvalue weighted by atomic mass is 10.1. The summed E-state index contributed by atoms with van der Waals surface area (Å²) in [5.41, 5.74) is 3.15. The Kier molecular flexibility index (Phi) is 7.97. The molecular formula is C25H21Cl2N5O2S. The van der Waals surface area contributed by atoms with Crippen molar-refractivity contribution >= 4 is 57.3 Å². The minimum absolute atomic E-state index is 0.263. The quantitative estimate of drug-likeness (QED) is 0.268. The molecule has 7 nitrogen and oxygen atoms in total. The number of nitrogens with one attached hydrogen (secondary N) is 3. The molecule has 0 radical (unpaired) electrons. The van der Waals surface area contributed by atoms with Gasteiger partial charge in [0.15, 0.2) is 0 Å². The van der Waals surface area contributed by atoms with Crippen molar-refractivity contribution < 1.29 is 9.59 Å². The van der Waals surface area contributed by atoms with Crippen molar-refractivity contribution in [3.05, 3.63) is 94.0 Å². The van der Waals surface area contributed by atoms with Gasteiger partial charge in [-0.2, -0.15) is 0 Å². The number of hydrogen-bond donors (Lipinski definition) is 3. The number of para-hydroxylation sites is 1. The summed E-state index contributed by atoms with van der Waals surface area (Å²) in [5, 5.41) is 18.0. The minimum atomic E-state index is -0.898. The molecule has 0 aliphatic rings. The number of nitrogens with zero attached hydrogens (tertiary/aromatic N) is 2. The molecule has 178 valence electrons. The summed E-state index contributed by atoms with van der Waals surface area (Å²) in [4.78, 5) is 25.9. The molecule has 0 aliphatic heterocycles. The highest BCUT2D eigenvalue weighted by Gasteiger charge is 2.23. The number of halogens is 2. The standard InChI is InChI=1S/C25H21Cl2N5O2S/c1-15-7-5-10-17(13-15)23-31-32-25(35-23)30-22(33)20(14-16-8-3-2-4-9-16)28-24(34)29-21-18(26)11-6-12-19(21)27/h2-13,20H,14H2,1H3,(H2,28,29,34)(H,30,32,33). The number of anilines is 2. The van der Waals surface area contributed by atoms with E-state index >= 15 is 0 Å². The molecule has 0 bridgehead atoms. The molecule has 4 rings (SSSR count). The molecule has 10 heteroatoms. The van der Waals surface area contributed by atoms with E-state index in [1.807, 2.05) is 61.5 Å². The van der Waals surface area contributed by atoms with Crippen LogP contribution in [0.1, 0.15) is 11.1 Å². The zero-order valence-electron chi connectivity index (χ0n) is 18.6. The third kappa shape index (κ3) is 6.57. The first-order valence-electron chi connectivity index (χ1n) is 10.7. The molecule has 1 atom stereocenters. The first kappa shape index (κ1) is 24.7. The van der Waals surface area contributed by atoms with Crippen LogP contribution in [-0.2, 0) is 11.2 Å². The van der Waals surface area contributed by atoms with Crippen molar-refractivity contribution in [3.8, 4) is 10.6 Å². The fourth-order valence-electron chi connectivity index (χ4n) is 3.35. The van der Waals surface area contributed by atoms with Crippen molar-refractivity contribution in [3.63, 3.8) is 0 Å². The van der Waals surface area contributed by atoms with Gasteiger partial charge in [0.25, 0.3) is 0 Å². The van der Waals surface area contributed by atoms with Crippen LogP contribution in [0, 0.1) is 6.92 Å². The summed E-state index contributed by atoms with van der Waals surface area (Å²) in [6.45, 7) is 1.99. The summed E-state index contributed by atoms with van der Waals surface area (Å²) in [5.74, 6) is -0.429. The summed E-state index contributed by atoms with van der Waals surface area (Å²) < 4.78 is 0. The van der Waals surface area contributed by atoms with Crippen LogP contribution in [0.3, 0.4) is 0 Å². The second-order valence-corrected chi connectivity index (χ2v) is 9.50. The second kappa shape index (κ2) is 11.3. The first-order chi connectivity index (χ1) is 16.9. The minimum Gasteiger partial charge on any atom is -0.326 e. The molecule has 0 saturated heterocycles. The number of aryl methyl sites for hydroxylation is 1. The fourth-order valence-corrected chi connectivity index (χ4v) is 4.58. The van der Waals surface area contributed by atoms with Gasteiger partial charge < -0.3 is 10.6 Å². The van der Waals surface area contributed by atoms with Gasteiger partial charge in [0, 0.05) is 12.0 Å². The van der Waals surface area contributed by atoms with Crippen LogP contribution in [0.4, 0.5) is 15.6 Å². The predicted molar refractivity (Wildman–Crippen MR) is 141 cm³/mol. The molecule has 0 aliphatic carbocycles. The van der Waals surface area contributed by atoms with Crippen LogP contribution in [0.25, 0.3) is 10.6 Å². The van der Waals surface area contributed by atoms with E-state index < -0.39 is 18.0 Å². The highest BCUT2D eigenvalue weighted by Crippen LogP contribution is 2.30. The number of benzene rings is 3. The lowest BCUT2D eigenvalue weighted by Crippen LogP contribution is -2.47. The third-order valence-electron chi connectivity index (χ3n) is 5.03. The monoisotopic (exact) mass is 525 g/mol. The van der Waals surface area contributed by atoms with Gasteiger partial charge in [0.1, 0.15) is 11.0 Å². The maximum atomic E-state index is 13.2. The largest absolute Gasteiger partial charge is 0.326 e. The average Bonchev–Trinajstić information content (AvgIpc) is 3.30. The Labute approximate surface area is 216 Å². The van der Waals surface area contributed by atoms with E-state index in [0.29, 0.717) is 10.1 Å². The van der Waals surface area contributed by atoms with Crippen LogP contribution in [-0.4, -0.2) is 28.2 Å². The molecule has 35 heavy (non-hydrogen) atoms.